The summed E-state index contributed by atoms with van der Waals surface area (Å²) in [6.07, 6.45) is 67.0. The van der Waals surface area contributed by atoms with Gasteiger partial charge in [0.2, 0.25) is 0 Å². The molecular formula is C117H140N14O8. The number of hydrogen-bond acceptors (Lipinski definition) is 22. The van der Waals surface area contributed by atoms with Gasteiger partial charge < -0.3 is 57.3 Å². The lowest BCUT2D eigenvalue weighted by atomic mass is 9.52. The monoisotopic (exact) mass is 1870 g/mol. The SMILES string of the molecule is C=C(N)c1cnc2c(c1NC1C[C@H]3CC[C@@H](C1)N3c1ccc(C#N)cn1)C=CC2.CC(C)CC(=O)c1cnc2c(c1NC1[C@@H]3CC4C[C@H]1CC(O)(C4)C3)C=CC2.CCCCC(=O)c1cnc2c(c1NC1[C@@H]3CC4C[C@H]1CC(O)(C4)C3)C=CC2.COC12CC3C[C@H](C1)C(Nc1c(C(C)=O)cnc4c1C=CC4)[C@@H](C3)C2.O=C(CCc1ccccc1)c1cnc2c(c1NC1[C@@H]3CC4C[C@H]1CC(O)(C4)C3)C=CC2. The van der Waals surface area contributed by atoms with Crippen molar-refractivity contribution in [3.63, 3.8) is 0 Å². The Morgan fingerprint density at radius 1 is 0.468 bits per heavy atom. The Kier molecular flexibility index (Phi) is 25.4. The van der Waals surface area contributed by atoms with Crippen molar-refractivity contribution >= 4 is 93.5 Å². The third kappa shape index (κ3) is 18.4. The van der Waals surface area contributed by atoms with Crippen LogP contribution in [-0.2, 0) is 43.3 Å². The number of fused-ring (bicyclic) bond motifs is 7. The lowest BCUT2D eigenvalue weighted by molar-refractivity contribution is -0.149. The first-order valence-corrected chi connectivity index (χ1v) is 53.0. The molecule has 1 aromatic carbocycles. The summed E-state index contributed by atoms with van der Waals surface area (Å²) >= 11 is 0. The number of methoxy groups -OCH3 is 1. The van der Waals surface area contributed by atoms with Crippen molar-refractivity contribution in [3.8, 4) is 6.07 Å². The van der Waals surface area contributed by atoms with E-state index in [1.54, 1.807) is 37.9 Å². The van der Waals surface area contributed by atoms with Gasteiger partial charge in [-0.3, -0.25) is 44.1 Å². The number of hydrogen-bond donors (Lipinski definition) is 9. The van der Waals surface area contributed by atoms with Crippen molar-refractivity contribution in [2.24, 2.45) is 82.7 Å². The number of nitriles is 1. The number of allylic oxidation sites excluding steroid dienone is 5. The molecule has 6 aromatic heterocycles. The van der Waals surface area contributed by atoms with Crippen molar-refractivity contribution in [2.45, 2.75) is 317 Å². The number of anilines is 6. The van der Waals surface area contributed by atoms with E-state index < -0.39 is 16.8 Å². The van der Waals surface area contributed by atoms with Crippen LogP contribution in [0.4, 0.5) is 34.3 Å². The highest BCUT2D eigenvalue weighted by Gasteiger charge is 2.60. The third-order valence-electron chi connectivity index (χ3n) is 36.3. The number of ether oxygens (including phenoxy) is 1. The summed E-state index contributed by atoms with van der Waals surface area (Å²) in [6, 6.07) is 19.0. The van der Waals surface area contributed by atoms with Gasteiger partial charge in [-0.1, -0.05) is 125 Å². The highest BCUT2D eigenvalue weighted by molar-refractivity contribution is 6.05. The Labute approximate surface area is 819 Å². The molecule has 0 spiro atoms. The first kappa shape index (κ1) is 93.2. The third-order valence-corrected chi connectivity index (χ3v) is 36.3. The number of carbonyl (C=O) groups excluding carboxylic acids is 4. The van der Waals surface area contributed by atoms with Gasteiger partial charge in [-0.25, -0.2) is 4.98 Å². The van der Waals surface area contributed by atoms with Crippen LogP contribution in [0.1, 0.15) is 328 Å². The lowest BCUT2D eigenvalue weighted by Crippen LogP contribution is -2.59. The fourth-order valence-corrected chi connectivity index (χ4v) is 31.1. The predicted octanol–water partition coefficient (Wildman–Crippen LogP) is 20.7. The molecule has 16 saturated carbocycles. The number of ketones is 4. The number of Topliss-reactive ketones (excluding diaryl/α,β-unsaturated/α-hetero) is 4. The van der Waals surface area contributed by atoms with E-state index in [0.29, 0.717) is 144 Å². The topological polar surface area (TPSA) is 329 Å². The molecule has 0 amide bonds. The summed E-state index contributed by atoms with van der Waals surface area (Å²) < 4.78 is 5.98. The van der Waals surface area contributed by atoms with Crippen LogP contribution in [0, 0.1) is 88.3 Å². The molecule has 22 heteroatoms. The van der Waals surface area contributed by atoms with E-state index in [2.05, 4.69) is 168 Å². The standard InChI is InChI=1S/C27H30N2O2.C23H24N6.2C23H30N2O2.C21H26N2O2/c30-24(10-9-17-5-2-1-3-6-17)22-16-28-23-8-4-7-21(23)26(22)29-25-19-11-18-12-20(25)15-27(31,13-18)14-19;1-14(25)20-13-26-21-4-2-3-19(21)23(20)28-16-9-17-6-7-18(10-16)29(17)22-8-5-15(11-24)12-27-22;1-13(2)6-20(26)18-12-24-19-5-3-4-17(19)22(18)25-21-15-7-14-8-16(21)11-23(27,9-14)10-15;1-2-3-7-20(26)18-13-24-19-6-4-5-17(19)22(18)25-21-15-8-14-9-16(21)12-23(27,10-14)11-15;1-12(24)17-11-22-18-5-3-4-16(18)20(17)23-19-14-6-13-7-15(19)10-21(8-13,9-14)25-2/h1-7,16,18-20,25,31H,8-15H2,(H,28,29);2-3,5,8,12-13,16-18H,1,4,6-7,9-10,25H2,(H,26,28);3-4,12-16,21,27H,5-11H2,1-2H3,(H,24,25);4-5,13-16,21,27H,2-3,6-12H2,1H3,(H,24,25);3-4,11,13-15,19H,5-10H2,1-2H3,(H,22,23)/t18?,19-,20+,25?,27?;16?,17-,18+;2*14?,15-,16+,21?,23?;13?,14-,15+,19?,21?. The Morgan fingerprint density at radius 2 is 0.835 bits per heavy atom. The normalized spacial score (nSPS) is 32.8. The van der Waals surface area contributed by atoms with E-state index in [4.69, 9.17) is 15.7 Å². The molecule has 10 N–H and O–H groups in total. The van der Waals surface area contributed by atoms with E-state index in [9.17, 15) is 34.5 Å². The molecule has 30 rings (SSSR count). The fraction of sp³-hybridized carbons (Fsp3) is 0.547. The quantitative estimate of drug-likeness (QED) is 0.0240. The lowest BCUT2D eigenvalue weighted by Gasteiger charge is -2.59. The molecule has 22 nitrogen and oxygen atoms in total. The van der Waals surface area contributed by atoms with E-state index in [0.717, 1.165) is 259 Å². The smallest absolute Gasteiger partial charge is 0.166 e. The second-order valence-electron chi connectivity index (χ2n) is 46.3. The minimum Gasteiger partial charge on any atom is -0.399 e. The number of aromatic nitrogens is 6. The number of nitrogens with zero attached hydrogens (tertiary/aromatic N) is 8. The summed E-state index contributed by atoms with van der Waals surface area (Å²) in [5.74, 6) is 9.23. The van der Waals surface area contributed by atoms with E-state index >= 15 is 0 Å². The molecule has 23 aliphatic rings. The molecule has 18 bridgehead atoms. The van der Waals surface area contributed by atoms with Crippen molar-refractivity contribution in [1.29, 1.82) is 5.26 Å². The summed E-state index contributed by atoms with van der Waals surface area (Å²) in [7, 11) is 1.89. The number of pyridine rings is 6. The van der Waals surface area contributed by atoms with Crippen LogP contribution in [0.15, 0.2) is 117 Å². The number of nitrogens with two attached hydrogens (primary N) is 1. The van der Waals surface area contributed by atoms with Gasteiger partial charge in [-0.15, -0.1) is 0 Å². The zero-order valence-corrected chi connectivity index (χ0v) is 81.8. The zero-order valence-electron chi connectivity index (χ0n) is 81.8. The Morgan fingerprint density at radius 3 is 1.19 bits per heavy atom. The highest BCUT2D eigenvalue weighted by Crippen LogP contribution is 2.62. The van der Waals surface area contributed by atoms with Crippen LogP contribution < -0.4 is 37.2 Å². The average Bonchev–Trinajstić information content (AvgIpc) is 1.64. The maximum Gasteiger partial charge on any atom is 0.166 e. The number of aryl methyl sites for hydroxylation is 1. The largest absolute Gasteiger partial charge is 0.399 e. The highest BCUT2D eigenvalue weighted by atomic mass is 16.5. The van der Waals surface area contributed by atoms with E-state index in [-0.39, 0.29) is 28.7 Å². The fourth-order valence-electron chi connectivity index (χ4n) is 31.1. The first-order valence-electron chi connectivity index (χ1n) is 53.0. The molecule has 139 heavy (non-hydrogen) atoms. The molecule has 726 valence electrons. The van der Waals surface area contributed by atoms with Gasteiger partial charge in [0, 0.05) is 177 Å². The first-order chi connectivity index (χ1) is 67.3. The molecule has 0 radical (unpaired) electrons. The minimum atomic E-state index is -0.441. The average molecular weight is 1870 g/mol. The summed E-state index contributed by atoms with van der Waals surface area (Å²) in [4.78, 5) is 81.1. The van der Waals surface area contributed by atoms with Crippen molar-refractivity contribution in [1.82, 2.24) is 29.9 Å². The molecule has 21 aliphatic carbocycles. The van der Waals surface area contributed by atoms with Gasteiger partial charge in [0.05, 0.1) is 107 Å². The molecule has 2 aliphatic heterocycles. The molecular weight excluding hydrogens is 1730 g/mol. The zero-order chi connectivity index (χ0) is 95.5. The van der Waals surface area contributed by atoms with Crippen molar-refractivity contribution < 1.29 is 39.2 Å². The maximum absolute atomic E-state index is 13.3. The van der Waals surface area contributed by atoms with Crippen LogP contribution in [0.5, 0.6) is 0 Å². The molecule has 13 unspecified atom stereocenters. The van der Waals surface area contributed by atoms with Gasteiger partial charge in [0.25, 0.3) is 0 Å². The Balaban J connectivity index is 0.000000100. The maximum atomic E-state index is 13.3. The number of benzene rings is 1. The second kappa shape index (κ2) is 37.9. The van der Waals surface area contributed by atoms with Gasteiger partial charge in [0.1, 0.15) is 11.9 Å². The Bertz CT molecular complexity index is 6090. The van der Waals surface area contributed by atoms with Crippen LogP contribution in [-0.4, -0.2) is 140 Å². The number of carbonyl (C=O) groups is 4. The predicted molar refractivity (Wildman–Crippen MR) is 548 cm³/mol. The number of aliphatic hydroxyl groups is 3. The number of piperidine rings is 1. The molecule has 23 atom stereocenters. The van der Waals surface area contributed by atoms with Crippen molar-refractivity contribution in [3.05, 3.63) is 212 Å². The Hall–Kier alpha value is -10.8. The molecule has 8 heterocycles. The summed E-state index contributed by atoms with van der Waals surface area (Å²) in [6.45, 7) is 11.9. The van der Waals surface area contributed by atoms with Crippen LogP contribution in [0.2, 0.25) is 0 Å². The van der Waals surface area contributed by atoms with E-state index in [1.807, 2.05) is 43.6 Å². The number of unbranched alkanes of at least 4 members (excludes halogenated alkanes) is 1. The van der Waals surface area contributed by atoms with Crippen LogP contribution >= 0.6 is 0 Å². The number of rotatable bonds is 25. The minimum absolute atomic E-state index is 0.0928. The summed E-state index contributed by atoms with van der Waals surface area (Å²) in [5.41, 5.74) is 27.2. The number of nitrogens with one attached hydrogen (secondary N) is 5. The molecule has 2 saturated heterocycles. The molecule has 7 aromatic rings. The van der Waals surface area contributed by atoms with Gasteiger partial charge >= 0.3 is 0 Å². The van der Waals surface area contributed by atoms with Crippen LogP contribution in [0.25, 0.3) is 36.1 Å². The second-order valence-corrected chi connectivity index (χ2v) is 46.3. The summed E-state index contributed by atoms with van der Waals surface area (Å²) in [5, 5.41) is 60.9. The van der Waals surface area contributed by atoms with E-state index in [1.165, 1.54) is 76.2 Å². The van der Waals surface area contributed by atoms with Gasteiger partial charge in [-0.05, 0) is 268 Å². The van der Waals surface area contributed by atoms with Gasteiger partial charge in [0.15, 0.2) is 23.1 Å². The van der Waals surface area contributed by atoms with Crippen molar-refractivity contribution in [2.75, 3.05) is 38.6 Å². The molecule has 18 fully saturated rings. The van der Waals surface area contributed by atoms with Gasteiger partial charge in [-0.2, -0.15) is 5.26 Å². The van der Waals surface area contributed by atoms with Crippen LogP contribution in [0.3, 0.4) is 0 Å².